The summed E-state index contributed by atoms with van der Waals surface area (Å²) in [4.78, 5) is 14.6. The van der Waals surface area contributed by atoms with Gasteiger partial charge in [-0.3, -0.25) is 0 Å². The van der Waals surface area contributed by atoms with Gasteiger partial charge in [0.1, 0.15) is 0 Å². The van der Waals surface area contributed by atoms with Crippen LogP contribution in [0.1, 0.15) is 33.3 Å². The average molecular weight is 536 g/mol. The van der Waals surface area contributed by atoms with Crippen LogP contribution in [0.5, 0.6) is 0 Å². The van der Waals surface area contributed by atoms with E-state index in [4.69, 9.17) is 24.3 Å². The molecular formula is C34H29BN4O2. The lowest BCUT2D eigenvalue weighted by atomic mass is 9.78. The molecular weight excluding hydrogens is 507 g/mol. The molecule has 0 atom stereocenters. The summed E-state index contributed by atoms with van der Waals surface area (Å²) in [5, 5.41) is 9.26. The molecule has 1 aliphatic rings. The van der Waals surface area contributed by atoms with Crippen LogP contribution in [0.4, 0.5) is 0 Å². The highest BCUT2D eigenvalue weighted by molar-refractivity contribution is 6.62. The van der Waals surface area contributed by atoms with Crippen molar-refractivity contribution in [1.29, 1.82) is 5.26 Å². The summed E-state index contributed by atoms with van der Waals surface area (Å²) in [5.74, 6) is 1.64. The van der Waals surface area contributed by atoms with Gasteiger partial charge in [0.05, 0.1) is 22.8 Å². The minimum atomic E-state index is -0.496. The van der Waals surface area contributed by atoms with E-state index in [9.17, 15) is 5.26 Å². The second kappa shape index (κ2) is 10.4. The average Bonchev–Trinajstić information content (AvgIpc) is 3.23. The fraction of sp³-hybridized carbons (Fsp3) is 0.176. The Balaban J connectivity index is 1.42. The monoisotopic (exact) mass is 536 g/mol. The minimum absolute atomic E-state index is 0.442. The number of hydrogen-bond donors (Lipinski definition) is 0. The number of nitrogens with zero attached hydrogens (tertiary/aromatic N) is 4. The van der Waals surface area contributed by atoms with Crippen LogP contribution in [0.3, 0.4) is 0 Å². The first-order valence-electron chi connectivity index (χ1n) is 13.6. The molecule has 2 heterocycles. The fourth-order valence-corrected chi connectivity index (χ4v) is 4.70. The highest BCUT2D eigenvalue weighted by Crippen LogP contribution is 2.36. The lowest BCUT2D eigenvalue weighted by molar-refractivity contribution is 0.00578. The molecule has 4 aromatic carbocycles. The molecule has 200 valence electrons. The van der Waals surface area contributed by atoms with Gasteiger partial charge in [-0.05, 0) is 68.6 Å². The number of aromatic nitrogens is 3. The van der Waals surface area contributed by atoms with Crippen LogP contribution in [-0.2, 0) is 9.31 Å². The van der Waals surface area contributed by atoms with Crippen molar-refractivity contribution in [1.82, 2.24) is 15.0 Å². The predicted octanol–water partition coefficient (Wildman–Crippen LogP) is 6.71. The standard InChI is InChI=1S/C34H29BN4O2/c1-33(2)34(3,4)41-35(40-33)29-12-8-11-28(21-29)32-38-30(26-15-13-23(22-36)14-16-26)37-31(39-32)27-19-17-25(18-20-27)24-9-6-5-7-10-24/h5-21H,1-4H3. The van der Waals surface area contributed by atoms with Crippen molar-refractivity contribution in [2.45, 2.75) is 38.9 Å². The molecule has 1 aromatic heterocycles. The van der Waals surface area contributed by atoms with E-state index in [1.54, 1.807) is 12.1 Å². The molecule has 1 fully saturated rings. The maximum absolute atomic E-state index is 9.26. The molecule has 0 N–H and O–H groups in total. The molecule has 7 heteroatoms. The first-order valence-corrected chi connectivity index (χ1v) is 13.6. The molecule has 6 nitrogen and oxygen atoms in total. The summed E-state index contributed by atoms with van der Waals surface area (Å²) in [6.07, 6.45) is 0. The second-order valence-electron chi connectivity index (χ2n) is 11.2. The third-order valence-corrected chi connectivity index (χ3v) is 7.83. The Bertz CT molecular complexity index is 1730. The minimum Gasteiger partial charge on any atom is -0.399 e. The van der Waals surface area contributed by atoms with Gasteiger partial charge in [0.25, 0.3) is 0 Å². The van der Waals surface area contributed by atoms with Gasteiger partial charge in [-0.15, -0.1) is 0 Å². The predicted molar refractivity (Wildman–Crippen MR) is 162 cm³/mol. The maximum atomic E-state index is 9.26. The van der Waals surface area contributed by atoms with Gasteiger partial charge in [0.2, 0.25) is 0 Å². The fourth-order valence-electron chi connectivity index (χ4n) is 4.70. The van der Waals surface area contributed by atoms with Crippen molar-refractivity contribution >= 4 is 12.6 Å². The number of nitriles is 1. The first kappa shape index (κ1) is 26.6. The van der Waals surface area contributed by atoms with Crippen LogP contribution in [0.2, 0.25) is 0 Å². The number of benzene rings is 4. The summed E-state index contributed by atoms with van der Waals surface area (Å²) in [6.45, 7) is 8.17. The molecule has 1 saturated heterocycles. The Hall–Kier alpha value is -4.64. The molecule has 0 unspecified atom stereocenters. The Labute approximate surface area is 240 Å². The van der Waals surface area contributed by atoms with E-state index in [-0.39, 0.29) is 0 Å². The Morgan fingerprint density at radius 1 is 0.561 bits per heavy atom. The first-order chi connectivity index (χ1) is 19.7. The smallest absolute Gasteiger partial charge is 0.399 e. The van der Waals surface area contributed by atoms with Crippen molar-refractivity contribution in [2.24, 2.45) is 0 Å². The SMILES string of the molecule is CC1(C)OB(c2cccc(-c3nc(-c4ccc(C#N)cc4)nc(-c4ccc(-c5ccccc5)cc4)n3)c2)OC1(C)C. The largest absolute Gasteiger partial charge is 0.494 e. The number of rotatable bonds is 5. The van der Waals surface area contributed by atoms with E-state index >= 15 is 0 Å². The molecule has 0 saturated carbocycles. The van der Waals surface area contributed by atoms with Crippen LogP contribution in [-0.4, -0.2) is 33.3 Å². The summed E-state index contributed by atoms with van der Waals surface area (Å²) < 4.78 is 12.6. The summed E-state index contributed by atoms with van der Waals surface area (Å²) >= 11 is 0. The van der Waals surface area contributed by atoms with E-state index in [0.717, 1.165) is 33.3 Å². The maximum Gasteiger partial charge on any atom is 0.494 e. The van der Waals surface area contributed by atoms with E-state index in [1.807, 2.05) is 94.4 Å². The lowest BCUT2D eigenvalue weighted by Crippen LogP contribution is -2.41. The Kier molecular flexibility index (Phi) is 6.74. The molecule has 41 heavy (non-hydrogen) atoms. The van der Waals surface area contributed by atoms with Gasteiger partial charge in [-0.1, -0.05) is 78.9 Å². The van der Waals surface area contributed by atoms with Gasteiger partial charge in [-0.2, -0.15) is 5.26 Å². The lowest BCUT2D eigenvalue weighted by Gasteiger charge is -2.32. The highest BCUT2D eigenvalue weighted by atomic mass is 16.7. The normalized spacial score (nSPS) is 15.4. The van der Waals surface area contributed by atoms with Crippen LogP contribution in [0.25, 0.3) is 45.3 Å². The van der Waals surface area contributed by atoms with Crippen LogP contribution in [0.15, 0.2) is 103 Å². The van der Waals surface area contributed by atoms with Crippen molar-refractivity contribution in [3.05, 3.63) is 109 Å². The molecule has 0 amide bonds. The molecule has 6 rings (SSSR count). The summed E-state index contributed by atoms with van der Waals surface area (Å²) in [5.41, 5.74) is 5.37. The summed E-state index contributed by atoms with van der Waals surface area (Å²) in [7, 11) is -0.496. The molecule has 0 bridgehead atoms. The highest BCUT2D eigenvalue weighted by Gasteiger charge is 2.51. The zero-order valence-corrected chi connectivity index (χ0v) is 23.5. The van der Waals surface area contributed by atoms with Gasteiger partial charge in [0.15, 0.2) is 17.5 Å². The van der Waals surface area contributed by atoms with Crippen molar-refractivity contribution in [2.75, 3.05) is 0 Å². The van der Waals surface area contributed by atoms with Crippen LogP contribution in [0, 0.1) is 11.3 Å². The molecule has 1 aliphatic heterocycles. The number of hydrogen-bond acceptors (Lipinski definition) is 6. The summed E-state index contributed by atoms with van der Waals surface area (Å²) in [6, 6.07) is 35.9. The Morgan fingerprint density at radius 3 is 1.59 bits per heavy atom. The third kappa shape index (κ3) is 5.28. The zero-order chi connectivity index (χ0) is 28.6. The van der Waals surface area contributed by atoms with E-state index in [0.29, 0.717) is 23.0 Å². The third-order valence-electron chi connectivity index (χ3n) is 7.83. The van der Waals surface area contributed by atoms with Crippen LogP contribution < -0.4 is 5.46 Å². The second-order valence-corrected chi connectivity index (χ2v) is 11.2. The topological polar surface area (TPSA) is 80.9 Å². The molecule has 0 radical (unpaired) electrons. The molecule has 0 aliphatic carbocycles. The van der Waals surface area contributed by atoms with E-state index in [1.165, 1.54) is 0 Å². The van der Waals surface area contributed by atoms with Gasteiger partial charge < -0.3 is 9.31 Å². The van der Waals surface area contributed by atoms with Gasteiger partial charge in [0, 0.05) is 16.7 Å². The van der Waals surface area contributed by atoms with E-state index in [2.05, 4.69) is 30.3 Å². The van der Waals surface area contributed by atoms with Gasteiger partial charge >= 0.3 is 7.12 Å². The van der Waals surface area contributed by atoms with Crippen molar-refractivity contribution in [3.63, 3.8) is 0 Å². The van der Waals surface area contributed by atoms with Crippen molar-refractivity contribution < 1.29 is 9.31 Å². The van der Waals surface area contributed by atoms with Crippen molar-refractivity contribution in [3.8, 4) is 51.4 Å². The molecule has 0 spiro atoms. The van der Waals surface area contributed by atoms with E-state index < -0.39 is 18.3 Å². The molecule has 5 aromatic rings. The zero-order valence-electron chi connectivity index (χ0n) is 23.5. The Morgan fingerprint density at radius 2 is 1.02 bits per heavy atom. The van der Waals surface area contributed by atoms with Gasteiger partial charge in [-0.25, -0.2) is 15.0 Å². The van der Waals surface area contributed by atoms with Crippen LogP contribution >= 0.6 is 0 Å². The quantitative estimate of drug-likeness (QED) is 0.232.